The SMILES string of the molecule is Cc1ccc(-c2csc3ncn(C(C)C)c(=O)c23)cc1. The lowest BCUT2D eigenvalue weighted by atomic mass is 10.1. The topological polar surface area (TPSA) is 34.9 Å². The number of rotatable bonds is 2. The smallest absolute Gasteiger partial charge is 0.262 e. The summed E-state index contributed by atoms with van der Waals surface area (Å²) in [6.07, 6.45) is 1.64. The monoisotopic (exact) mass is 284 g/mol. The van der Waals surface area contributed by atoms with E-state index in [1.54, 1.807) is 10.9 Å². The second kappa shape index (κ2) is 4.87. The summed E-state index contributed by atoms with van der Waals surface area (Å²) in [7, 11) is 0. The Balaban J connectivity index is 2.29. The van der Waals surface area contributed by atoms with E-state index in [4.69, 9.17) is 0 Å². The third-order valence-electron chi connectivity index (χ3n) is 3.44. The van der Waals surface area contributed by atoms with Crippen LogP contribution in [0.2, 0.25) is 0 Å². The first-order chi connectivity index (χ1) is 9.58. The first-order valence-electron chi connectivity index (χ1n) is 6.63. The van der Waals surface area contributed by atoms with Gasteiger partial charge in [0.05, 0.1) is 11.7 Å². The van der Waals surface area contributed by atoms with Gasteiger partial charge in [0.15, 0.2) is 0 Å². The Hall–Kier alpha value is -1.94. The van der Waals surface area contributed by atoms with E-state index in [9.17, 15) is 4.79 Å². The maximum Gasteiger partial charge on any atom is 0.262 e. The first-order valence-corrected chi connectivity index (χ1v) is 7.51. The van der Waals surface area contributed by atoms with Crippen LogP contribution in [0.4, 0.5) is 0 Å². The molecule has 0 aliphatic rings. The average Bonchev–Trinajstić information content (AvgIpc) is 2.84. The number of aromatic nitrogens is 2. The fourth-order valence-corrected chi connectivity index (χ4v) is 3.17. The lowest BCUT2D eigenvalue weighted by molar-refractivity contribution is 0.574. The third kappa shape index (κ3) is 2.06. The molecule has 0 aliphatic heterocycles. The molecule has 4 heteroatoms. The quantitative estimate of drug-likeness (QED) is 0.712. The van der Waals surface area contributed by atoms with E-state index in [0.717, 1.165) is 21.3 Å². The van der Waals surface area contributed by atoms with Gasteiger partial charge in [-0.05, 0) is 26.3 Å². The van der Waals surface area contributed by atoms with Gasteiger partial charge in [0.1, 0.15) is 4.83 Å². The molecule has 2 heterocycles. The molecule has 2 aromatic heterocycles. The Bertz CT molecular complexity index is 813. The van der Waals surface area contributed by atoms with Crippen molar-refractivity contribution < 1.29 is 0 Å². The summed E-state index contributed by atoms with van der Waals surface area (Å²) in [5.41, 5.74) is 3.31. The van der Waals surface area contributed by atoms with E-state index in [1.165, 1.54) is 16.9 Å². The highest BCUT2D eigenvalue weighted by molar-refractivity contribution is 7.17. The molecule has 0 radical (unpaired) electrons. The highest BCUT2D eigenvalue weighted by Crippen LogP contribution is 2.30. The van der Waals surface area contributed by atoms with Gasteiger partial charge in [-0.3, -0.25) is 9.36 Å². The first kappa shape index (κ1) is 13.1. The molecule has 3 rings (SSSR count). The highest BCUT2D eigenvalue weighted by atomic mass is 32.1. The minimum atomic E-state index is 0.0434. The second-order valence-corrected chi connectivity index (χ2v) is 6.10. The summed E-state index contributed by atoms with van der Waals surface area (Å²) in [6, 6.07) is 8.36. The molecular weight excluding hydrogens is 268 g/mol. The van der Waals surface area contributed by atoms with Crippen molar-refractivity contribution in [3.63, 3.8) is 0 Å². The van der Waals surface area contributed by atoms with Gasteiger partial charge in [-0.1, -0.05) is 29.8 Å². The molecule has 102 valence electrons. The predicted molar refractivity (Wildman–Crippen MR) is 84.4 cm³/mol. The van der Waals surface area contributed by atoms with E-state index in [2.05, 4.69) is 36.2 Å². The van der Waals surface area contributed by atoms with Crippen molar-refractivity contribution in [2.75, 3.05) is 0 Å². The number of thiophene rings is 1. The molecule has 1 aromatic carbocycles. The maximum absolute atomic E-state index is 12.6. The normalized spacial score (nSPS) is 11.4. The van der Waals surface area contributed by atoms with Crippen molar-refractivity contribution in [1.29, 1.82) is 0 Å². The molecule has 0 bridgehead atoms. The van der Waals surface area contributed by atoms with Crippen molar-refractivity contribution in [2.24, 2.45) is 0 Å². The zero-order chi connectivity index (χ0) is 14.3. The molecule has 20 heavy (non-hydrogen) atoms. The lowest BCUT2D eigenvalue weighted by Crippen LogP contribution is -2.21. The third-order valence-corrected chi connectivity index (χ3v) is 4.32. The van der Waals surface area contributed by atoms with Crippen LogP contribution in [0.15, 0.2) is 40.8 Å². The minimum Gasteiger partial charge on any atom is -0.296 e. The molecule has 0 unspecified atom stereocenters. The van der Waals surface area contributed by atoms with E-state index in [-0.39, 0.29) is 11.6 Å². The molecule has 0 N–H and O–H groups in total. The Morgan fingerprint density at radius 1 is 1.20 bits per heavy atom. The second-order valence-electron chi connectivity index (χ2n) is 5.25. The highest BCUT2D eigenvalue weighted by Gasteiger charge is 2.14. The van der Waals surface area contributed by atoms with Crippen molar-refractivity contribution in [3.8, 4) is 11.1 Å². The summed E-state index contributed by atoms with van der Waals surface area (Å²) >= 11 is 1.52. The van der Waals surface area contributed by atoms with Crippen molar-refractivity contribution >= 4 is 21.6 Å². The fraction of sp³-hybridized carbons (Fsp3) is 0.250. The van der Waals surface area contributed by atoms with E-state index >= 15 is 0 Å². The molecule has 0 amide bonds. The van der Waals surface area contributed by atoms with Crippen molar-refractivity contribution in [2.45, 2.75) is 26.8 Å². The maximum atomic E-state index is 12.6. The minimum absolute atomic E-state index is 0.0434. The van der Waals surface area contributed by atoms with Crippen molar-refractivity contribution in [1.82, 2.24) is 9.55 Å². The summed E-state index contributed by atoms with van der Waals surface area (Å²) in [6.45, 7) is 6.04. The number of aryl methyl sites for hydroxylation is 1. The Kier molecular flexibility index (Phi) is 3.18. The molecule has 0 saturated carbocycles. The number of fused-ring (bicyclic) bond motifs is 1. The van der Waals surface area contributed by atoms with Crippen LogP contribution >= 0.6 is 11.3 Å². The lowest BCUT2D eigenvalue weighted by Gasteiger charge is -2.09. The van der Waals surface area contributed by atoms with Crippen LogP contribution in [0.5, 0.6) is 0 Å². The molecular formula is C16H16N2OS. The van der Waals surface area contributed by atoms with Gasteiger partial charge in [0, 0.05) is 17.0 Å². The molecule has 0 aliphatic carbocycles. The number of benzene rings is 1. The van der Waals surface area contributed by atoms with Crippen LogP contribution in [0.3, 0.4) is 0 Å². The van der Waals surface area contributed by atoms with Gasteiger partial charge in [0.2, 0.25) is 0 Å². The van der Waals surface area contributed by atoms with Gasteiger partial charge in [0.25, 0.3) is 5.56 Å². The average molecular weight is 284 g/mol. The largest absolute Gasteiger partial charge is 0.296 e. The zero-order valence-electron chi connectivity index (χ0n) is 11.8. The summed E-state index contributed by atoms with van der Waals surface area (Å²) in [5, 5.41) is 2.75. The number of hydrogen-bond acceptors (Lipinski definition) is 3. The van der Waals surface area contributed by atoms with E-state index in [0.29, 0.717) is 0 Å². The van der Waals surface area contributed by atoms with Crippen LogP contribution in [0, 0.1) is 6.92 Å². The van der Waals surface area contributed by atoms with Crippen LogP contribution in [0.25, 0.3) is 21.3 Å². The number of hydrogen-bond donors (Lipinski definition) is 0. The Labute approximate surface area is 121 Å². The molecule has 3 nitrogen and oxygen atoms in total. The van der Waals surface area contributed by atoms with Crippen molar-refractivity contribution in [3.05, 3.63) is 51.9 Å². The molecule has 0 fully saturated rings. The Morgan fingerprint density at radius 2 is 1.90 bits per heavy atom. The summed E-state index contributed by atoms with van der Waals surface area (Å²) < 4.78 is 1.69. The van der Waals surface area contributed by atoms with Gasteiger partial charge < -0.3 is 0 Å². The van der Waals surface area contributed by atoms with Crippen LogP contribution in [0.1, 0.15) is 25.5 Å². The van der Waals surface area contributed by atoms with Crippen LogP contribution in [-0.4, -0.2) is 9.55 Å². The fourth-order valence-electron chi connectivity index (χ4n) is 2.26. The van der Waals surface area contributed by atoms with E-state index in [1.807, 2.05) is 19.2 Å². The molecule has 0 saturated heterocycles. The zero-order valence-corrected chi connectivity index (χ0v) is 12.6. The molecule has 3 aromatic rings. The van der Waals surface area contributed by atoms with Crippen LogP contribution < -0.4 is 5.56 Å². The molecule has 0 atom stereocenters. The standard InChI is InChI=1S/C16H16N2OS/c1-10(2)18-9-17-15-14(16(18)19)13(8-20-15)12-6-4-11(3)5-7-12/h4-10H,1-3H3. The summed E-state index contributed by atoms with van der Waals surface area (Å²) in [4.78, 5) is 17.8. The van der Waals surface area contributed by atoms with Gasteiger partial charge in [-0.2, -0.15) is 0 Å². The van der Waals surface area contributed by atoms with Gasteiger partial charge in [-0.25, -0.2) is 4.98 Å². The number of nitrogens with zero attached hydrogens (tertiary/aromatic N) is 2. The van der Waals surface area contributed by atoms with Gasteiger partial charge in [-0.15, -0.1) is 11.3 Å². The van der Waals surface area contributed by atoms with E-state index < -0.39 is 0 Å². The van der Waals surface area contributed by atoms with Crippen LogP contribution in [-0.2, 0) is 0 Å². The predicted octanol–water partition coefficient (Wildman–Crippen LogP) is 4.01. The molecule has 0 spiro atoms. The van der Waals surface area contributed by atoms with Gasteiger partial charge >= 0.3 is 0 Å². The Morgan fingerprint density at radius 3 is 2.55 bits per heavy atom. The summed E-state index contributed by atoms with van der Waals surface area (Å²) in [5.74, 6) is 0.